The highest BCUT2D eigenvalue weighted by atomic mass is 16.6. The van der Waals surface area contributed by atoms with Crippen molar-refractivity contribution in [3.63, 3.8) is 0 Å². The molecule has 6 heteroatoms. The van der Waals surface area contributed by atoms with E-state index in [1.165, 1.54) is 57.8 Å². The molecule has 0 aliphatic carbocycles. The van der Waals surface area contributed by atoms with Gasteiger partial charge in [-0.25, -0.2) is 0 Å². The zero-order valence-electron chi connectivity index (χ0n) is 39.6. The van der Waals surface area contributed by atoms with Crippen molar-refractivity contribution in [1.82, 2.24) is 0 Å². The lowest BCUT2D eigenvalue weighted by Gasteiger charge is -2.18. The minimum atomic E-state index is -0.839. The van der Waals surface area contributed by atoms with E-state index in [9.17, 15) is 14.4 Å². The number of carbonyl (C=O) groups excluding carboxylic acids is 3. The van der Waals surface area contributed by atoms with Crippen LogP contribution in [0, 0.1) is 0 Å². The molecule has 0 bridgehead atoms. The summed E-state index contributed by atoms with van der Waals surface area (Å²) in [7, 11) is 0. The van der Waals surface area contributed by atoms with E-state index in [1.807, 2.05) is 18.2 Å². The summed E-state index contributed by atoms with van der Waals surface area (Å²) >= 11 is 0. The molecule has 0 aliphatic rings. The molecule has 0 spiro atoms. The van der Waals surface area contributed by atoms with Gasteiger partial charge in [0.25, 0.3) is 0 Å². The van der Waals surface area contributed by atoms with E-state index in [-0.39, 0.29) is 50.4 Å². The molecular formula is C56H88O6. The number of esters is 3. The third-order valence-electron chi connectivity index (χ3n) is 9.77. The molecular weight excluding hydrogens is 769 g/mol. The summed E-state index contributed by atoms with van der Waals surface area (Å²) in [5, 5.41) is 0. The van der Waals surface area contributed by atoms with Crippen molar-refractivity contribution in [2.24, 2.45) is 0 Å². The van der Waals surface area contributed by atoms with Crippen LogP contribution in [0.25, 0.3) is 0 Å². The average molecular weight is 857 g/mol. The van der Waals surface area contributed by atoms with E-state index in [1.54, 1.807) is 0 Å². The van der Waals surface area contributed by atoms with Gasteiger partial charge >= 0.3 is 17.9 Å². The van der Waals surface area contributed by atoms with Gasteiger partial charge in [-0.15, -0.1) is 0 Å². The Labute approximate surface area is 380 Å². The number of allylic oxidation sites excluding steroid dienone is 20. The van der Waals surface area contributed by atoms with E-state index in [4.69, 9.17) is 14.2 Å². The third-order valence-corrected chi connectivity index (χ3v) is 9.77. The highest BCUT2D eigenvalue weighted by molar-refractivity contribution is 5.71. The van der Waals surface area contributed by atoms with Crippen LogP contribution in [0.2, 0.25) is 0 Å². The van der Waals surface area contributed by atoms with Crippen LogP contribution in [-0.4, -0.2) is 37.2 Å². The van der Waals surface area contributed by atoms with Crippen molar-refractivity contribution in [2.75, 3.05) is 13.2 Å². The minimum absolute atomic E-state index is 0.140. The summed E-state index contributed by atoms with van der Waals surface area (Å²) in [5.41, 5.74) is 0. The first-order valence-electron chi connectivity index (χ1n) is 24.6. The quantitative estimate of drug-likeness (QED) is 0.0200. The lowest BCUT2D eigenvalue weighted by atomic mass is 10.1. The molecule has 0 aromatic heterocycles. The average Bonchev–Trinajstić information content (AvgIpc) is 3.27. The summed E-state index contributed by atoms with van der Waals surface area (Å²) in [6.45, 7) is 6.23. The summed E-state index contributed by atoms with van der Waals surface area (Å²) in [6.07, 6.45) is 67.8. The van der Waals surface area contributed by atoms with Crippen LogP contribution in [-0.2, 0) is 28.6 Å². The molecule has 0 amide bonds. The summed E-state index contributed by atoms with van der Waals surface area (Å²) in [5.74, 6) is -1.11. The van der Waals surface area contributed by atoms with E-state index in [2.05, 4.69) is 124 Å². The van der Waals surface area contributed by atoms with Crippen LogP contribution in [0.3, 0.4) is 0 Å². The lowest BCUT2D eigenvalue weighted by Crippen LogP contribution is -2.30. The molecule has 0 aromatic rings. The van der Waals surface area contributed by atoms with Crippen molar-refractivity contribution in [1.29, 1.82) is 0 Å². The van der Waals surface area contributed by atoms with Gasteiger partial charge in [0, 0.05) is 19.3 Å². The number of unbranched alkanes of at least 4 members (excludes halogenated alkanes) is 13. The van der Waals surface area contributed by atoms with Gasteiger partial charge in [-0.2, -0.15) is 0 Å². The summed E-state index contributed by atoms with van der Waals surface area (Å²) < 4.78 is 16.6. The summed E-state index contributed by atoms with van der Waals surface area (Å²) in [6, 6.07) is 0. The SMILES string of the molecule is CC\C=C/C=C\C=C/CCCCCCCCCC(=O)OC(COC(=O)CC/C=C\C/C=C\C/C=C\C/C=C\C/C=C\CC)COC(=O)CC/C=C\C/C=C\CCCCCCCC. The van der Waals surface area contributed by atoms with Crippen LogP contribution in [0.1, 0.15) is 194 Å². The first kappa shape index (κ1) is 57.8. The van der Waals surface area contributed by atoms with Gasteiger partial charge in [-0.3, -0.25) is 14.4 Å². The molecule has 0 rings (SSSR count). The summed E-state index contributed by atoms with van der Waals surface area (Å²) in [4.78, 5) is 37.8. The highest BCUT2D eigenvalue weighted by Crippen LogP contribution is 2.12. The minimum Gasteiger partial charge on any atom is -0.462 e. The largest absolute Gasteiger partial charge is 0.462 e. The Kier molecular flexibility index (Phi) is 46.1. The van der Waals surface area contributed by atoms with Crippen LogP contribution in [0.5, 0.6) is 0 Å². The zero-order chi connectivity index (χ0) is 45.1. The third kappa shape index (κ3) is 46.9. The molecule has 62 heavy (non-hydrogen) atoms. The van der Waals surface area contributed by atoms with Gasteiger partial charge in [0.05, 0.1) is 0 Å². The van der Waals surface area contributed by atoms with E-state index >= 15 is 0 Å². The Bertz CT molecular complexity index is 1350. The first-order chi connectivity index (χ1) is 30.5. The van der Waals surface area contributed by atoms with Crippen LogP contribution in [0.15, 0.2) is 122 Å². The first-order valence-corrected chi connectivity index (χ1v) is 24.6. The molecule has 0 aliphatic heterocycles. The van der Waals surface area contributed by atoms with Gasteiger partial charge in [0.1, 0.15) is 13.2 Å². The predicted molar refractivity (Wildman–Crippen MR) is 265 cm³/mol. The molecule has 0 aromatic carbocycles. The smallest absolute Gasteiger partial charge is 0.306 e. The van der Waals surface area contributed by atoms with E-state index in [0.717, 1.165) is 83.5 Å². The van der Waals surface area contributed by atoms with E-state index in [0.29, 0.717) is 12.8 Å². The van der Waals surface area contributed by atoms with Crippen LogP contribution in [0.4, 0.5) is 0 Å². The second-order valence-electron chi connectivity index (χ2n) is 15.7. The number of hydrogen-bond donors (Lipinski definition) is 0. The number of hydrogen-bond acceptors (Lipinski definition) is 6. The number of ether oxygens (including phenoxy) is 3. The van der Waals surface area contributed by atoms with Gasteiger partial charge < -0.3 is 14.2 Å². The fourth-order valence-electron chi connectivity index (χ4n) is 6.13. The molecule has 0 saturated heterocycles. The second kappa shape index (κ2) is 49.5. The standard InChI is InChI=1S/C56H88O6/c1-4-7-10-13-16-19-22-25-27-29-31-34-37-40-43-46-49-55(58)61-52-53(51-60-54(57)48-45-42-39-36-33-30-24-21-18-15-12-9-6-3)62-56(59)50-47-44-41-38-35-32-28-26-23-20-17-14-11-8-5-2/h7-8,10-11,14,16-17,19-20,23,25,27,30-31,33-34,39-40,42-43,53H,4-6,9,12-13,15,18,21-22,24,26,28-29,32,35-38,41,44-52H2,1-3H3/b10-7-,11-8-,17-14-,19-16-,23-20-,27-25-,33-30-,34-31-,42-39-,43-40-. The maximum Gasteiger partial charge on any atom is 0.306 e. The number of rotatable bonds is 42. The normalized spacial score (nSPS) is 13.1. The monoisotopic (exact) mass is 857 g/mol. The molecule has 0 N–H and O–H groups in total. The van der Waals surface area contributed by atoms with Crippen molar-refractivity contribution < 1.29 is 28.6 Å². The molecule has 6 nitrogen and oxygen atoms in total. The number of carbonyl (C=O) groups is 3. The van der Waals surface area contributed by atoms with Gasteiger partial charge in [0.2, 0.25) is 0 Å². The maximum atomic E-state index is 12.8. The maximum absolute atomic E-state index is 12.8. The van der Waals surface area contributed by atoms with Gasteiger partial charge in [-0.05, 0) is 89.9 Å². The van der Waals surface area contributed by atoms with Crippen LogP contribution >= 0.6 is 0 Å². The second-order valence-corrected chi connectivity index (χ2v) is 15.7. The zero-order valence-corrected chi connectivity index (χ0v) is 39.6. The lowest BCUT2D eigenvalue weighted by molar-refractivity contribution is -0.166. The Hall–Kier alpha value is -4.19. The Morgan fingerprint density at radius 1 is 0.355 bits per heavy atom. The Balaban J connectivity index is 4.60. The van der Waals surface area contributed by atoms with Crippen molar-refractivity contribution in [3.8, 4) is 0 Å². The molecule has 348 valence electrons. The molecule has 1 atom stereocenters. The van der Waals surface area contributed by atoms with Crippen molar-refractivity contribution in [2.45, 2.75) is 200 Å². The fourth-order valence-corrected chi connectivity index (χ4v) is 6.13. The van der Waals surface area contributed by atoms with Gasteiger partial charge in [-0.1, -0.05) is 206 Å². The Morgan fingerprint density at radius 3 is 1.23 bits per heavy atom. The van der Waals surface area contributed by atoms with Crippen molar-refractivity contribution in [3.05, 3.63) is 122 Å². The van der Waals surface area contributed by atoms with Crippen LogP contribution < -0.4 is 0 Å². The highest BCUT2D eigenvalue weighted by Gasteiger charge is 2.19. The van der Waals surface area contributed by atoms with E-state index < -0.39 is 6.10 Å². The molecule has 0 fully saturated rings. The molecule has 0 heterocycles. The van der Waals surface area contributed by atoms with Gasteiger partial charge in [0.15, 0.2) is 6.10 Å². The topological polar surface area (TPSA) is 78.9 Å². The molecule has 1 unspecified atom stereocenters. The predicted octanol–water partition coefficient (Wildman–Crippen LogP) is 16.1. The molecule has 0 radical (unpaired) electrons. The van der Waals surface area contributed by atoms with Crippen molar-refractivity contribution >= 4 is 17.9 Å². The fraction of sp³-hybridized carbons (Fsp3) is 0.589. The Morgan fingerprint density at radius 2 is 0.742 bits per heavy atom. The molecule has 0 saturated carbocycles.